The highest BCUT2D eigenvalue weighted by atomic mass is 32.1. The van der Waals surface area contributed by atoms with E-state index in [0.717, 1.165) is 0 Å². The van der Waals surface area contributed by atoms with Crippen molar-refractivity contribution in [3.63, 3.8) is 0 Å². The molecule has 1 aromatic carbocycles. The number of thiazole rings is 1. The standard InChI is InChI=1S/C15H12N4O3S/c16-15(21)18-10-5-3-9(4-6-10)17-13(20)11-8-23-14(19-11)12-2-1-7-22-12/h1-8H,(H,17,20)(H3,16,18,21). The first-order chi connectivity index (χ1) is 11.1. The van der Waals surface area contributed by atoms with E-state index < -0.39 is 6.03 Å². The van der Waals surface area contributed by atoms with Crippen molar-refractivity contribution in [1.82, 2.24) is 4.98 Å². The SMILES string of the molecule is NC(=O)Nc1ccc(NC(=O)c2csc(-c3ccco3)n2)cc1. The van der Waals surface area contributed by atoms with Gasteiger partial charge in [-0.3, -0.25) is 4.79 Å². The van der Waals surface area contributed by atoms with Crippen LogP contribution in [0.4, 0.5) is 16.2 Å². The highest BCUT2D eigenvalue weighted by Gasteiger charge is 2.13. The van der Waals surface area contributed by atoms with E-state index in [-0.39, 0.29) is 5.91 Å². The summed E-state index contributed by atoms with van der Waals surface area (Å²) in [7, 11) is 0. The number of aromatic nitrogens is 1. The zero-order valence-corrected chi connectivity index (χ0v) is 12.6. The monoisotopic (exact) mass is 328 g/mol. The number of nitrogens with zero attached hydrogens (tertiary/aromatic N) is 1. The zero-order valence-electron chi connectivity index (χ0n) is 11.8. The van der Waals surface area contributed by atoms with E-state index in [0.29, 0.717) is 27.8 Å². The van der Waals surface area contributed by atoms with E-state index in [2.05, 4.69) is 15.6 Å². The lowest BCUT2D eigenvalue weighted by Crippen LogP contribution is -2.19. The van der Waals surface area contributed by atoms with Crippen molar-refractivity contribution < 1.29 is 14.0 Å². The second-order valence-electron chi connectivity index (χ2n) is 4.54. The Labute approximate surface area is 135 Å². The first kappa shape index (κ1) is 14.8. The van der Waals surface area contributed by atoms with Crippen LogP contribution in [0, 0.1) is 0 Å². The molecule has 0 aliphatic heterocycles. The molecule has 3 aromatic rings. The maximum absolute atomic E-state index is 12.2. The second-order valence-corrected chi connectivity index (χ2v) is 5.39. The Kier molecular flexibility index (Phi) is 4.07. The Morgan fingerprint density at radius 3 is 2.39 bits per heavy atom. The Balaban J connectivity index is 1.68. The molecular weight excluding hydrogens is 316 g/mol. The van der Waals surface area contributed by atoms with Crippen LogP contribution in [0.15, 0.2) is 52.5 Å². The fourth-order valence-electron chi connectivity index (χ4n) is 1.87. The molecule has 8 heteroatoms. The number of furan rings is 1. The Hall–Kier alpha value is -3.13. The van der Waals surface area contributed by atoms with Crippen LogP contribution in [0.2, 0.25) is 0 Å². The number of amides is 3. The third-order valence-electron chi connectivity index (χ3n) is 2.88. The van der Waals surface area contributed by atoms with Gasteiger partial charge in [-0.1, -0.05) is 0 Å². The van der Waals surface area contributed by atoms with Crippen LogP contribution in [-0.2, 0) is 0 Å². The molecular formula is C15H12N4O3S. The van der Waals surface area contributed by atoms with Gasteiger partial charge >= 0.3 is 6.03 Å². The summed E-state index contributed by atoms with van der Waals surface area (Å²) in [6.45, 7) is 0. The van der Waals surface area contributed by atoms with Gasteiger partial charge in [0.2, 0.25) is 0 Å². The molecule has 2 aromatic heterocycles. The van der Waals surface area contributed by atoms with Crippen LogP contribution in [-0.4, -0.2) is 16.9 Å². The molecule has 3 rings (SSSR count). The van der Waals surface area contributed by atoms with E-state index in [1.54, 1.807) is 48.0 Å². The molecule has 0 atom stereocenters. The summed E-state index contributed by atoms with van der Waals surface area (Å²) in [4.78, 5) is 27.2. The van der Waals surface area contributed by atoms with Gasteiger partial charge in [0.15, 0.2) is 10.8 Å². The van der Waals surface area contributed by atoms with Crippen LogP contribution in [0.1, 0.15) is 10.5 Å². The number of benzene rings is 1. The van der Waals surface area contributed by atoms with E-state index in [4.69, 9.17) is 10.2 Å². The lowest BCUT2D eigenvalue weighted by Gasteiger charge is -2.05. The van der Waals surface area contributed by atoms with Crippen LogP contribution in [0.5, 0.6) is 0 Å². The Morgan fingerprint density at radius 1 is 1.09 bits per heavy atom. The number of anilines is 2. The number of rotatable bonds is 4. The highest BCUT2D eigenvalue weighted by molar-refractivity contribution is 7.13. The maximum Gasteiger partial charge on any atom is 0.316 e. The molecule has 0 aliphatic rings. The summed E-state index contributed by atoms with van der Waals surface area (Å²) >= 11 is 1.33. The van der Waals surface area contributed by atoms with Crippen molar-refractivity contribution in [2.75, 3.05) is 10.6 Å². The average molecular weight is 328 g/mol. The molecule has 0 saturated heterocycles. The zero-order chi connectivity index (χ0) is 16.2. The smallest absolute Gasteiger partial charge is 0.316 e. The van der Waals surface area contributed by atoms with Crippen molar-refractivity contribution in [2.24, 2.45) is 5.73 Å². The normalized spacial score (nSPS) is 10.3. The minimum atomic E-state index is -0.644. The quantitative estimate of drug-likeness (QED) is 0.683. The molecule has 116 valence electrons. The van der Waals surface area contributed by atoms with Gasteiger partial charge in [0.1, 0.15) is 5.69 Å². The van der Waals surface area contributed by atoms with Crippen molar-refractivity contribution in [1.29, 1.82) is 0 Å². The lowest BCUT2D eigenvalue weighted by molar-refractivity contribution is 0.102. The predicted octanol–water partition coefficient (Wildman–Crippen LogP) is 3.15. The number of carbonyl (C=O) groups excluding carboxylic acids is 2. The van der Waals surface area contributed by atoms with Gasteiger partial charge in [0, 0.05) is 16.8 Å². The number of nitrogens with two attached hydrogens (primary N) is 1. The van der Waals surface area contributed by atoms with Gasteiger partial charge in [-0.2, -0.15) is 0 Å². The van der Waals surface area contributed by atoms with Crippen LogP contribution in [0.3, 0.4) is 0 Å². The first-order valence-electron chi connectivity index (χ1n) is 6.59. The number of primary amides is 1. The van der Waals surface area contributed by atoms with Gasteiger partial charge in [-0.25, -0.2) is 9.78 Å². The molecule has 3 amide bonds. The number of nitrogens with one attached hydrogen (secondary N) is 2. The summed E-state index contributed by atoms with van der Waals surface area (Å²) in [5.41, 5.74) is 6.46. The average Bonchev–Trinajstić information content (AvgIpc) is 3.19. The molecule has 0 bridgehead atoms. The topological polar surface area (TPSA) is 110 Å². The number of carbonyl (C=O) groups is 2. The maximum atomic E-state index is 12.2. The molecule has 7 nitrogen and oxygen atoms in total. The number of hydrogen-bond donors (Lipinski definition) is 3. The van der Waals surface area contributed by atoms with Gasteiger partial charge in [-0.15, -0.1) is 11.3 Å². The molecule has 0 unspecified atom stereocenters. The molecule has 2 heterocycles. The third kappa shape index (κ3) is 3.55. The molecule has 23 heavy (non-hydrogen) atoms. The fourth-order valence-corrected chi connectivity index (χ4v) is 2.63. The molecule has 0 spiro atoms. The third-order valence-corrected chi connectivity index (χ3v) is 3.74. The largest absolute Gasteiger partial charge is 0.462 e. The van der Waals surface area contributed by atoms with Gasteiger partial charge in [0.25, 0.3) is 5.91 Å². The molecule has 0 aliphatic carbocycles. The minimum Gasteiger partial charge on any atom is -0.462 e. The number of urea groups is 1. The van der Waals surface area contributed by atoms with Crippen LogP contribution >= 0.6 is 11.3 Å². The van der Waals surface area contributed by atoms with Crippen molar-refractivity contribution in [2.45, 2.75) is 0 Å². The fraction of sp³-hybridized carbons (Fsp3) is 0. The van der Waals surface area contributed by atoms with Crippen molar-refractivity contribution in [3.05, 3.63) is 53.7 Å². The Morgan fingerprint density at radius 2 is 1.78 bits per heavy atom. The van der Waals surface area contributed by atoms with Crippen LogP contribution in [0.25, 0.3) is 10.8 Å². The Bertz CT molecular complexity index is 825. The summed E-state index contributed by atoms with van der Waals surface area (Å²) in [6.07, 6.45) is 1.55. The summed E-state index contributed by atoms with van der Waals surface area (Å²) in [6, 6.07) is 9.48. The molecule has 0 saturated carbocycles. The van der Waals surface area contributed by atoms with E-state index in [1.807, 2.05) is 0 Å². The molecule has 0 radical (unpaired) electrons. The van der Waals surface area contributed by atoms with Crippen molar-refractivity contribution >= 4 is 34.6 Å². The first-order valence-corrected chi connectivity index (χ1v) is 7.47. The predicted molar refractivity (Wildman–Crippen MR) is 87.4 cm³/mol. The van der Waals surface area contributed by atoms with Crippen molar-refractivity contribution in [3.8, 4) is 10.8 Å². The van der Waals surface area contributed by atoms with E-state index in [9.17, 15) is 9.59 Å². The molecule has 4 N–H and O–H groups in total. The highest BCUT2D eigenvalue weighted by Crippen LogP contribution is 2.24. The van der Waals surface area contributed by atoms with E-state index in [1.165, 1.54) is 11.3 Å². The van der Waals surface area contributed by atoms with Gasteiger partial charge in [0.05, 0.1) is 6.26 Å². The summed E-state index contributed by atoms with van der Waals surface area (Å²) in [5, 5.41) is 7.47. The molecule has 0 fully saturated rings. The van der Waals surface area contributed by atoms with E-state index >= 15 is 0 Å². The van der Waals surface area contributed by atoms with Crippen LogP contribution < -0.4 is 16.4 Å². The second kappa shape index (κ2) is 6.32. The van der Waals surface area contributed by atoms with Gasteiger partial charge < -0.3 is 20.8 Å². The lowest BCUT2D eigenvalue weighted by atomic mass is 10.2. The van der Waals surface area contributed by atoms with Gasteiger partial charge in [-0.05, 0) is 36.4 Å². The summed E-state index contributed by atoms with van der Waals surface area (Å²) < 4.78 is 5.25. The number of hydrogen-bond acceptors (Lipinski definition) is 5. The summed E-state index contributed by atoms with van der Waals surface area (Å²) in [5.74, 6) is 0.297. The minimum absolute atomic E-state index is 0.306.